The highest BCUT2D eigenvalue weighted by atomic mass is 35.5. The van der Waals surface area contributed by atoms with Gasteiger partial charge in [-0.25, -0.2) is 4.98 Å². The lowest BCUT2D eigenvalue weighted by Crippen LogP contribution is -2.17. The third-order valence-electron chi connectivity index (χ3n) is 3.02. The number of rotatable bonds is 6. The van der Waals surface area contributed by atoms with Crippen LogP contribution in [0.2, 0.25) is 5.02 Å². The highest BCUT2D eigenvalue weighted by Gasteiger charge is 2.16. The van der Waals surface area contributed by atoms with Crippen molar-refractivity contribution in [3.8, 4) is 0 Å². The maximum Gasteiger partial charge on any atom is 0.319 e. The Bertz CT molecular complexity index is 705. The van der Waals surface area contributed by atoms with Gasteiger partial charge >= 0.3 is 5.97 Å². The highest BCUT2D eigenvalue weighted by Crippen LogP contribution is 2.22. The molecule has 7 heteroatoms. The number of halogens is 1. The van der Waals surface area contributed by atoms with Crippen molar-refractivity contribution in [1.29, 1.82) is 0 Å². The standard InChI is InChI=1S/C17H17ClN2O3S/c1-3-23-17(22)11(2)24-15-9-4-12(10-19-15)16(21)20-14-7-5-13(18)6-8-14/h4-11H,3H2,1-2H3,(H,20,21)/t11-/m0/s1. The summed E-state index contributed by atoms with van der Waals surface area (Å²) in [6.07, 6.45) is 1.48. The Balaban J connectivity index is 1.97. The first kappa shape index (κ1) is 18.3. The maximum atomic E-state index is 12.2. The fraction of sp³-hybridized carbons (Fsp3) is 0.235. The number of carbonyl (C=O) groups is 2. The van der Waals surface area contributed by atoms with Gasteiger partial charge in [0, 0.05) is 16.9 Å². The van der Waals surface area contributed by atoms with Crippen LogP contribution in [0.15, 0.2) is 47.6 Å². The van der Waals surface area contributed by atoms with E-state index in [2.05, 4.69) is 10.3 Å². The van der Waals surface area contributed by atoms with Crippen LogP contribution < -0.4 is 5.32 Å². The summed E-state index contributed by atoms with van der Waals surface area (Å²) in [6.45, 7) is 3.87. The predicted molar refractivity (Wildman–Crippen MR) is 95.6 cm³/mol. The van der Waals surface area contributed by atoms with Gasteiger partial charge < -0.3 is 10.1 Å². The fourth-order valence-electron chi connectivity index (χ4n) is 1.81. The summed E-state index contributed by atoms with van der Waals surface area (Å²) in [6, 6.07) is 10.2. The van der Waals surface area contributed by atoms with Gasteiger partial charge in [-0.2, -0.15) is 0 Å². The van der Waals surface area contributed by atoms with Gasteiger partial charge in [0.2, 0.25) is 0 Å². The van der Waals surface area contributed by atoms with Crippen LogP contribution >= 0.6 is 23.4 Å². The number of anilines is 1. The number of aromatic nitrogens is 1. The van der Waals surface area contributed by atoms with E-state index in [4.69, 9.17) is 16.3 Å². The third kappa shape index (κ3) is 5.25. The second-order valence-electron chi connectivity index (χ2n) is 4.86. The van der Waals surface area contributed by atoms with E-state index >= 15 is 0 Å². The summed E-state index contributed by atoms with van der Waals surface area (Å²) >= 11 is 7.09. The van der Waals surface area contributed by atoms with Crippen molar-refractivity contribution in [1.82, 2.24) is 4.98 Å². The van der Waals surface area contributed by atoms with Crippen molar-refractivity contribution in [3.05, 3.63) is 53.2 Å². The van der Waals surface area contributed by atoms with E-state index in [9.17, 15) is 9.59 Å². The van der Waals surface area contributed by atoms with Gasteiger partial charge in [-0.3, -0.25) is 9.59 Å². The highest BCUT2D eigenvalue weighted by molar-refractivity contribution is 8.00. The number of nitrogens with one attached hydrogen (secondary N) is 1. The number of nitrogens with zero attached hydrogens (tertiary/aromatic N) is 1. The number of esters is 1. The topological polar surface area (TPSA) is 68.3 Å². The molecule has 5 nitrogen and oxygen atoms in total. The Kier molecular flexibility index (Phi) is 6.63. The lowest BCUT2D eigenvalue weighted by Gasteiger charge is -2.10. The molecule has 0 aliphatic heterocycles. The van der Waals surface area contributed by atoms with Gasteiger partial charge in [-0.05, 0) is 50.2 Å². The lowest BCUT2D eigenvalue weighted by atomic mass is 10.2. The molecule has 0 aliphatic rings. The molecule has 1 heterocycles. The van der Waals surface area contributed by atoms with Crippen LogP contribution in [0, 0.1) is 0 Å². The number of thioether (sulfide) groups is 1. The Morgan fingerprint density at radius 1 is 1.25 bits per heavy atom. The minimum Gasteiger partial charge on any atom is -0.465 e. The average molecular weight is 365 g/mol. The van der Waals surface area contributed by atoms with Gasteiger partial charge in [0.15, 0.2) is 0 Å². The largest absolute Gasteiger partial charge is 0.465 e. The molecule has 24 heavy (non-hydrogen) atoms. The summed E-state index contributed by atoms with van der Waals surface area (Å²) in [5.74, 6) is -0.548. The summed E-state index contributed by atoms with van der Waals surface area (Å²) < 4.78 is 4.95. The van der Waals surface area contributed by atoms with Crippen LogP contribution in [0.5, 0.6) is 0 Å². The van der Waals surface area contributed by atoms with Crippen LogP contribution in [0.25, 0.3) is 0 Å². The Labute approximate surface area is 149 Å². The first-order valence-corrected chi connectivity index (χ1v) is 8.61. The fourth-order valence-corrected chi connectivity index (χ4v) is 2.72. The van der Waals surface area contributed by atoms with E-state index in [1.165, 1.54) is 18.0 Å². The molecular weight excluding hydrogens is 348 g/mol. The normalized spacial score (nSPS) is 11.6. The van der Waals surface area contributed by atoms with Crippen LogP contribution in [-0.2, 0) is 9.53 Å². The van der Waals surface area contributed by atoms with Crippen molar-refractivity contribution >= 4 is 40.9 Å². The van der Waals surface area contributed by atoms with Crippen LogP contribution in [0.3, 0.4) is 0 Å². The molecule has 0 bridgehead atoms. The molecule has 0 saturated carbocycles. The number of pyridine rings is 1. The molecule has 1 aromatic carbocycles. The molecule has 0 saturated heterocycles. The molecule has 1 aromatic heterocycles. The van der Waals surface area contributed by atoms with Gasteiger partial charge in [-0.15, -0.1) is 0 Å². The van der Waals surface area contributed by atoms with Crippen molar-refractivity contribution in [2.75, 3.05) is 11.9 Å². The molecule has 0 unspecified atom stereocenters. The molecule has 0 radical (unpaired) electrons. The van der Waals surface area contributed by atoms with E-state index in [-0.39, 0.29) is 17.1 Å². The number of hydrogen-bond donors (Lipinski definition) is 1. The average Bonchev–Trinajstić information content (AvgIpc) is 2.57. The zero-order chi connectivity index (χ0) is 17.5. The first-order chi connectivity index (χ1) is 11.5. The molecule has 1 N–H and O–H groups in total. The number of benzene rings is 1. The van der Waals surface area contributed by atoms with Crippen LogP contribution in [0.1, 0.15) is 24.2 Å². The van der Waals surface area contributed by atoms with Crippen molar-refractivity contribution in [3.63, 3.8) is 0 Å². The quantitative estimate of drug-likeness (QED) is 0.619. The molecule has 0 aliphatic carbocycles. The second kappa shape index (κ2) is 8.70. The van der Waals surface area contributed by atoms with E-state index in [0.717, 1.165) is 0 Å². The monoisotopic (exact) mass is 364 g/mol. The third-order valence-corrected chi connectivity index (χ3v) is 4.30. The van der Waals surface area contributed by atoms with Crippen molar-refractivity contribution in [2.45, 2.75) is 24.1 Å². The van der Waals surface area contributed by atoms with E-state index in [0.29, 0.717) is 27.9 Å². The minimum absolute atomic E-state index is 0.264. The van der Waals surface area contributed by atoms with E-state index < -0.39 is 0 Å². The molecule has 126 valence electrons. The summed E-state index contributed by atoms with van der Waals surface area (Å²) in [5, 5.41) is 3.66. The summed E-state index contributed by atoms with van der Waals surface area (Å²) in [7, 11) is 0. The molecule has 1 atom stereocenters. The molecule has 2 rings (SSSR count). The first-order valence-electron chi connectivity index (χ1n) is 7.36. The SMILES string of the molecule is CCOC(=O)[C@H](C)Sc1ccc(C(=O)Nc2ccc(Cl)cc2)cn1. The molecule has 2 aromatic rings. The van der Waals surface area contributed by atoms with Crippen molar-refractivity contribution in [2.24, 2.45) is 0 Å². The van der Waals surface area contributed by atoms with Gasteiger partial charge in [0.25, 0.3) is 5.91 Å². The Hall–Kier alpha value is -2.05. The van der Waals surface area contributed by atoms with E-state index in [1.54, 1.807) is 50.2 Å². The number of carbonyl (C=O) groups excluding carboxylic acids is 2. The smallest absolute Gasteiger partial charge is 0.319 e. The molecule has 0 spiro atoms. The number of ether oxygens (including phenoxy) is 1. The molecule has 0 fully saturated rings. The minimum atomic E-state index is -0.355. The zero-order valence-electron chi connectivity index (χ0n) is 13.3. The number of amides is 1. The predicted octanol–water partition coefficient (Wildman–Crippen LogP) is 4.03. The van der Waals surface area contributed by atoms with Gasteiger partial charge in [-0.1, -0.05) is 23.4 Å². The van der Waals surface area contributed by atoms with Crippen LogP contribution in [-0.4, -0.2) is 28.7 Å². The van der Waals surface area contributed by atoms with Crippen molar-refractivity contribution < 1.29 is 14.3 Å². The van der Waals surface area contributed by atoms with Gasteiger partial charge in [0.05, 0.1) is 17.2 Å². The Morgan fingerprint density at radius 2 is 1.96 bits per heavy atom. The van der Waals surface area contributed by atoms with E-state index in [1.807, 2.05) is 0 Å². The maximum absolute atomic E-state index is 12.2. The second-order valence-corrected chi connectivity index (χ2v) is 6.66. The summed E-state index contributed by atoms with van der Waals surface area (Å²) in [4.78, 5) is 28.0. The Morgan fingerprint density at radius 3 is 2.54 bits per heavy atom. The lowest BCUT2D eigenvalue weighted by molar-refractivity contribution is -0.142. The van der Waals surface area contributed by atoms with Crippen LogP contribution in [0.4, 0.5) is 5.69 Å². The number of hydrogen-bond acceptors (Lipinski definition) is 5. The molecule has 1 amide bonds. The van der Waals surface area contributed by atoms with Gasteiger partial charge in [0.1, 0.15) is 5.25 Å². The summed E-state index contributed by atoms with van der Waals surface area (Å²) in [5.41, 5.74) is 1.08. The zero-order valence-corrected chi connectivity index (χ0v) is 14.9. The molecular formula is C17H17ClN2O3S.